The molecule has 2 aromatic rings. The number of carbonyl (C=O) groups is 1. The summed E-state index contributed by atoms with van der Waals surface area (Å²) in [6.07, 6.45) is 2.45. The van der Waals surface area contributed by atoms with E-state index < -0.39 is 5.92 Å². The summed E-state index contributed by atoms with van der Waals surface area (Å²) in [5, 5.41) is 1.57. The smallest absolute Gasteiger partial charge is 0.234 e. The van der Waals surface area contributed by atoms with E-state index in [0.717, 1.165) is 36.3 Å². The van der Waals surface area contributed by atoms with Gasteiger partial charge in [0.25, 0.3) is 0 Å². The van der Waals surface area contributed by atoms with Crippen LogP contribution in [-0.4, -0.2) is 42.4 Å². The summed E-state index contributed by atoms with van der Waals surface area (Å²) in [5.41, 5.74) is 2.96. The van der Waals surface area contributed by atoms with Crippen LogP contribution in [0.1, 0.15) is 41.5 Å². The van der Waals surface area contributed by atoms with Gasteiger partial charge in [0.15, 0.2) is 0 Å². The van der Waals surface area contributed by atoms with Crippen molar-refractivity contribution in [3.05, 3.63) is 68.2 Å². The lowest BCUT2D eigenvalue weighted by atomic mass is 9.80. The van der Waals surface area contributed by atoms with E-state index in [2.05, 4.69) is 11.0 Å². The number of carbonyl (C=O) groups excluding carboxylic acids is 1. The minimum absolute atomic E-state index is 0.0295. The molecule has 0 aromatic heterocycles. The number of nitrogens with zero attached hydrogens (tertiary/aromatic N) is 2. The molecular weight excluding hydrogens is 403 g/mol. The molecule has 3 nitrogen and oxygen atoms in total. The third kappa shape index (κ3) is 3.58. The summed E-state index contributed by atoms with van der Waals surface area (Å²) in [5.74, 6) is -0.361. The largest absolute Gasteiger partial charge is 0.337 e. The molecule has 2 atom stereocenters. The number of likely N-dealkylation sites (N-methyl/N-ethyl adjacent to an activating group) is 1. The third-order valence-electron chi connectivity index (χ3n) is 5.69. The van der Waals surface area contributed by atoms with Gasteiger partial charge < -0.3 is 9.80 Å². The van der Waals surface area contributed by atoms with Crippen molar-refractivity contribution in [3.63, 3.8) is 0 Å². The minimum Gasteiger partial charge on any atom is -0.337 e. The standard InChI is InChI=1S/C21H21Cl3N2O/c1-25-19(12-26-8-2-3-9-26)15-6-5-14(22)11-16(15)20(21(25)27)13-4-7-17(23)18(24)10-13/h4-7,10-11,19-20H,2-3,8-9,12H2,1H3. The Morgan fingerprint density at radius 3 is 2.41 bits per heavy atom. The molecule has 0 saturated carbocycles. The Morgan fingerprint density at radius 2 is 1.70 bits per heavy atom. The highest BCUT2D eigenvalue weighted by Gasteiger charge is 2.39. The van der Waals surface area contributed by atoms with Crippen LogP contribution < -0.4 is 0 Å². The predicted molar refractivity (Wildman–Crippen MR) is 111 cm³/mol. The number of hydrogen-bond donors (Lipinski definition) is 0. The molecule has 2 aliphatic heterocycles. The van der Waals surface area contributed by atoms with E-state index in [4.69, 9.17) is 34.8 Å². The maximum Gasteiger partial charge on any atom is 0.234 e. The van der Waals surface area contributed by atoms with Gasteiger partial charge in [0.05, 0.1) is 22.0 Å². The zero-order valence-electron chi connectivity index (χ0n) is 15.1. The fourth-order valence-corrected chi connectivity index (χ4v) is 4.73. The van der Waals surface area contributed by atoms with Crippen LogP contribution in [0.5, 0.6) is 0 Å². The number of amides is 1. The first kappa shape index (κ1) is 19.1. The fourth-order valence-electron chi connectivity index (χ4n) is 4.24. The molecule has 1 amide bonds. The molecule has 142 valence electrons. The highest BCUT2D eigenvalue weighted by atomic mass is 35.5. The Morgan fingerprint density at radius 1 is 0.963 bits per heavy atom. The minimum atomic E-state index is -0.423. The molecule has 0 radical (unpaired) electrons. The van der Waals surface area contributed by atoms with Crippen LogP contribution in [0.2, 0.25) is 15.1 Å². The predicted octanol–water partition coefficient (Wildman–Crippen LogP) is 5.39. The second kappa shape index (κ2) is 7.63. The zero-order valence-corrected chi connectivity index (χ0v) is 17.4. The van der Waals surface area contributed by atoms with Gasteiger partial charge in [0.2, 0.25) is 5.91 Å². The van der Waals surface area contributed by atoms with Gasteiger partial charge >= 0.3 is 0 Å². The SMILES string of the molecule is CN1C(=O)C(c2ccc(Cl)c(Cl)c2)c2cc(Cl)ccc2C1CN1CCCC1. The molecule has 2 aliphatic rings. The van der Waals surface area contributed by atoms with Gasteiger partial charge in [-0.2, -0.15) is 0 Å². The van der Waals surface area contributed by atoms with Crippen LogP contribution in [-0.2, 0) is 4.79 Å². The summed E-state index contributed by atoms with van der Waals surface area (Å²) in [4.78, 5) is 17.7. The second-order valence-corrected chi connectivity index (χ2v) is 8.60. The van der Waals surface area contributed by atoms with E-state index in [-0.39, 0.29) is 11.9 Å². The molecule has 1 fully saturated rings. The van der Waals surface area contributed by atoms with Crippen molar-refractivity contribution in [2.45, 2.75) is 24.8 Å². The van der Waals surface area contributed by atoms with E-state index >= 15 is 0 Å². The highest BCUT2D eigenvalue weighted by Crippen LogP contribution is 2.42. The number of benzene rings is 2. The first-order valence-electron chi connectivity index (χ1n) is 9.19. The van der Waals surface area contributed by atoms with E-state index in [1.54, 1.807) is 12.1 Å². The van der Waals surface area contributed by atoms with Crippen LogP contribution in [0.4, 0.5) is 0 Å². The van der Waals surface area contributed by atoms with Crippen molar-refractivity contribution in [2.24, 2.45) is 0 Å². The van der Waals surface area contributed by atoms with Crippen molar-refractivity contribution in [1.82, 2.24) is 9.80 Å². The monoisotopic (exact) mass is 422 g/mol. The molecule has 0 spiro atoms. The Hall–Kier alpha value is -1.26. The molecule has 1 saturated heterocycles. The van der Waals surface area contributed by atoms with Gasteiger partial charge in [-0.1, -0.05) is 46.9 Å². The van der Waals surface area contributed by atoms with E-state index in [1.165, 1.54) is 12.8 Å². The second-order valence-electron chi connectivity index (χ2n) is 7.35. The Labute approximate surface area is 174 Å². The molecule has 2 unspecified atom stereocenters. The highest BCUT2D eigenvalue weighted by molar-refractivity contribution is 6.42. The number of halogens is 3. The lowest BCUT2D eigenvalue weighted by Crippen LogP contribution is -2.45. The van der Waals surface area contributed by atoms with Gasteiger partial charge in [-0.05, 0) is 66.9 Å². The fraction of sp³-hybridized carbons (Fsp3) is 0.381. The molecule has 6 heteroatoms. The van der Waals surface area contributed by atoms with Crippen molar-refractivity contribution in [3.8, 4) is 0 Å². The van der Waals surface area contributed by atoms with Crippen molar-refractivity contribution >= 4 is 40.7 Å². The molecule has 0 N–H and O–H groups in total. The first-order chi connectivity index (χ1) is 13.0. The van der Waals surface area contributed by atoms with Crippen molar-refractivity contribution in [2.75, 3.05) is 26.7 Å². The van der Waals surface area contributed by atoms with Crippen LogP contribution in [0.15, 0.2) is 36.4 Å². The maximum atomic E-state index is 13.4. The molecule has 27 heavy (non-hydrogen) atoms. The molecule has 2 heterocycles. The summed E-state index contributed by atoms with van der Waals surface area (Å²) >= 11 is 18.6. The topological polar surface area (TPSA) is 23.6 Å². The molecular formula is C21H21Cl3N2O. The van der Waals surface area contributed by atoms with Crippen LogP contribution >= 0.6 is 34.8 Å². The summed E-state index contributed by atoms with van der Waals surface area (Å²) < 4.78 is 0. The van der Waals surface area contributed by atoms with Crippen LogP contribution in [0.3, 0.4) is 0 Å². The lowest BCUT2D eigenvalue weighted by Gasteiger charge is -2.40. The van der Waals surface area contributed by atoms with E-state index in [1.807, 2.05) is 30.1 Å². The lowest BCUT2D eigenvalue weighted by molar-refractivity contribution is -0.134. The van der Waals surface area contributed by atoms with Crippen molar-refractivity contribution < 1.29 is 4.79 Å². The van der Waals surface area contributed by atoms with Gasteiger partial charge in [0, 0.05) is 18.6 Å². The molecule has 2 aromatic carbocycles. The zero-order chi connectivity index (χ0) is 19.1. The van der Waals surface area contributed by atoms with Gasteiger partial charge in [-0.3, -0.25) is 4.79 Å². The van der Waals surface area contributed by atoms with Crippen LogP contribution in [0.25, 0.3) is 0 Å². The van der Waals surface area contributed by atoms with Gasteiger partial charge in [0.1, 0.15) is 0 Å². The Bertz CT molecular complexity index is 880. The molecule has 4 rings (SSSR count). The van der Waals surface area contributed by atoms with Crippen LogP contribution in [0, 0.1) is 0 Å². The maximum absolute atomic E-state index is 13.4. The van der Waals surface area contributed by atoms with Gasteiger partial charge in [-0.25, -0.2) is 0 Å². The van der Waals surface area contributed by atoms with Gasteiger partial charge in [-0.15, -0.1) is 0 Å². The average Bonchev–Trinajstić information content (AvgIpc) is 3.15. The molecule has 0 aliphatic carbocycles. The Balaban J connectivity index is 1.79. The molecule has 0 bridgehead atoms. The van der Waals surface area contributed by atoms with E-state index in [9.17, 15) is 4.79 Å². The number of fused-ring (bicyclic) bond motifs is 1. The average molecular weight is 424 g/mol. The first-order valence-corrected chi connectivity index (χ1v) is 10.3. The van der Waals surface area contributed by atoms with E-state index in [0.29, 0.717) is 15.1 Å². The number of rotatable bonds is 3. The number of hydrogen-bond acceptors (Lipinski definition) is 2. The summed E-state index contributed by atoms with van der Waals surface area (Å²) in [6, 6.07) is 11.3. The quantitative estimate of drug-likeness (QED) is 0.661. The summed E-state index contributed by atoms with van der Waals surface area (Å²) in [7, 11) is 1.89. The third-order valence-corrected chi connectivity index (χ3v) is 6.66. The number of likely N-dealkylation sites (tertiary alicyclic amines) is 1. The van der Waals surface area contributed by atoms with Crippen molar-refractivity contribution in [1.29, 1.82) is 0 Å². The summed E-state index contributed by atoms with van der Waals surface area (Å²) in [6.45, 7) is 3.04. The Kier molecular flexibility index (Phi) is 5.39. The normalized spacial score (nSPS) is 23.0.